The van der Waals surface area contributed by atoms with Crippen LogP contribution in [0.1, 0.15) is 59.1 Å². The molecule has 0 aliphatic carbocycles. The van der Waals surface area contributed by atoms with Crippen LogP contribution in [-0.2, 0) is 27.4 Å². The van der Waals surface area contributed by atoms with Crippen LogP contribution in [-0.4, -0.2) is 29.0 Å². The maximum atomic E-state index is 13.8. The van der Waals surface area contributed by atoms with E-state index in [0.717, 1.165) is 22.3 Å². The first kappa shape index (κ1) is 33.1. The first-order chi connectivity index (χ1) is 23.0. The van der Waals surface area contributed by atoms with E-state index in [2.05, 4.69) is 82.8 Å². The third-order valence-electron chi connectivity index (χ3n) is 8.34. The van der Waals surface area contributed by atoms with Gasteiger partial charge in [0.2, 0.25) is 0 Å². The SMILES string of the molecule is CC(C)(C)c1ccc(S(=O)(=O)Nc2ccc(Br)c(CC(=O)c3cnn(C(c4ccccc4)(c4ccccc4)c4ccccc4)c3)n2)cc1. The third kappa shape index (κ3) is 6.61. The molecule has 4 aromatic carbocycles. The lowest BCUT2D eigenvalue weighted by Gasteiger charge is -2.36. The Labute approximate surface area is 289 Å². The number of carbonyl (C=O) groups excluding carboxylic acids is 1. The predicted molar refractivity (Wildman–Crippen MR) is 193 cm³/mol. The number of hydrogen-bond donors (Lipinski definition) is 1. The van der Waals surface area contributed by atoms with Gasteiger partial charge in [-0.25, -0.2) is 13.4 Å². The normalized spacial score (nSPS) is 12.1. The van der Waals surface area contributed by atoms with Gasteiger partial charge in [0, 0.05) is 10.7 Å². The number of nitrogens with one attached hydrogen (secondary N) is 1. The second-order valence-corrected chi connectivity index (χ2v) is 15.1. The first-order valence-corrected chi connectivity index (χ1v) is 17.8. The molecule has 0 spiro atoms. The Balaban J connectivity index is 1.31. The molecule has 0 bridgehead atoms. The molecule has 2 aromatic heterocycles. The number of benzene rings is 4. The summed E-state index contributed by atoms with van der Waals surface area (Å²) in [4.78, 5) is 18.4. The third-order valence-corrected chi connectivity index (χ3v) is 10.4. The summed E-state index contributed by atoms with van der Waals surface area (Å²) >= 11 is 3.50. The summed E-state index contributed by atoms with van der Waals surface area (Å²) < 4.78 is 31.4. The molecule has 0 aliphatic rings. The zero-order valence-electron chi connectivity index (χ0n) is 26.8. The topological polar surface area (TPSA) is 94.0 Å². The number of pyridine rings is 1. The Kier molecular flexibility index (Phi) is 9.18. The van der Waals surface area contributed by atoms with Crippen LogP contribution in [0.5, 0.6) is 0 Å². The molecule has 0 fully saturated rings. The van der Waals surface area contributed by atoms with Crippen LogP contribution in [0.2, 0.25) is 0 Å². The van der Waals surface area contributed by atoms with Crippen LogP contribution in [0.25, 0.3) is 0 Å². The molecular formula is C39H35BrN4O3S. The molecule has 0 unspecified atom stereocenters. The van der Waals surface area contributed by atoms with Gasteiger partial charge in [-0.15, -0.1) is 0 Å². The Morgan fingerprint density at radius 3 is 1.75 bits per heavy atom. The number of sulfonamides is 1. The molecule has 0 radical (unpaired) electrons. The van der Waals surface area contributed by atoms with Crippen molar-refractivity contribution in [3.05, 3.63) is 178 Å². The second kappa shape index (κ2) is 13.3. The number of hydrogen-bond acceptors (Lipinski definition) is 5. The molecule has 0 saturated heterocycles. The van der Waals surface area contributed by atoms with Crippen LogP contribution in [0.4, 0.5) is 5.82 Å². The number of aromatic nitrogens is 3. The second-order valence-electron chi connectivity index (χ2n) is 12.6. The smallest absolute Gasteiger partial charge is 0.263 e. The molecule has 0 aliphatic heterocycles. The summed E-state index contributed by atoms with van der Waals surface area (Å²) in [6.07, 6.45) is 3.28. The number of nitrogens with zero attached hydrogens (tertiary/aromatic N) is 3. The summed E-state index contributed by atoms with van der Waals surface area (Å²) in [6.45, 7) is 6.21. The number of anilines is 1. The lowest BCUT2D eigenvalue weighted by Crippen LogP contribution is -2.38. The molecule has 0 saturated carbocycles. The highest BCUT2D eigenvalue weighted by molar-refractivity contribution is 9.10. The van der Waals surface area contributed by atoms with Crippen molar-refractivity contribution in [1.29, 1.82) is 0 Å². The van der Waals surface area contributed by atoms with E-state index in [1.807, 2.05) is 71.4 Å². The number of Topliss-reactive ketones (excluding diaryl/α,β-unsaturated/α-hetero) is 1. The van der Waals surface area contributed by atoms with Gasteiger partial charge in [0.25, 0.3) is 10.0 Å². The van der Waals surface area contributed by atoms with Gasteiger partial charge in [0.05, 0.1) is 28.8 Å². The fourth-order valence-corrected chi connectivity index (χ4v) is 7.20. The molecular weight excluding hydrogens is 684 g/mol. The molecule has 0 amide bonds. The van der Waals surface area contributed by atoms with Crippen molar-refractivity contribution >= 4 is 37.6 Å². The van der Waals surface area contributed by atoms with Gasteiger partial charge in [0.15, 0.2) is 5.78 Å². The number of ketones is 1. The highest BCUT2D eigenvalue weighted by Gasteiger charge is 2.39. The number of carbonyl (C=O) groups is 1. The molecule has 48 heavy (non-hydrogen) atoms. The Morgan fingerprint density at radius 2 is 1.25 bits per heavy atom. The molecule has 0 atom stereocenters. The van der Waals surface area contributed by atoms with E-state index in [-0.39, 0.29) is 28.3 Å². The van der Waals surface area contributed by atoms with Crippen LogP contribution >= 0.6 is 15.9 Å². The largest absolute Gasteiger partial charge is 0.294 e. The molecule has 7 nitrogen and oxygen atoms in total. The van der Waals surface area contributed by atoms with Gasteiger partial charge < -0.3 is 0 Å². The Bertz CT molecular complexity index is 2050. The molecule has 6 aromatic rings. The maximum Gasteiger partial charge on any atom is 0.263 e. The van der Waals surface area contributed by atoms with Crippen molar-refractivity contribution in [2.45, 2.75) is 43.0 Å². The summed E-state index contributed by atoms with van der Waals surface area (Å²) in [5.41, 5.74) is 3.83. The van der Waals surface area contributed by atoms with Crippen LogP contribution < -0.4 is 4.72 Å². The average molecular weight is 720 g/mol. The zero-order chi connectivity index (χ0) is 33.9. The fourth-order valence-electron chi connectivity index (χ4n) is 5.84. The minimum Gasteiger partial charge on any atom is -0.294 e. The van der Waals surface area contributed by atoms with E-state index in [1.54, 1.807) is 36.7 Å². The van der Waals surface area contributed by atoms with Gasteiger partial charge >= 0.3 is 0 Å². The Morgan fingerprint density at radius 1 is 0.729 bits per heavy atom. The van der Waals surface area contributed by atoms with Crippen molar-refractivity contribution in [2.24, 2.45) is 0 Å². The summed E-state index contributed by atoms with van der Waals surface area (Å²) in [7, 11) is -3.90. The highest BCUT2D eigenvalue weighted by atomic mass is 79.9. The monoisotopic (exact) mass is 718 g/mol. The lowest BCUT2D eigenvalue weighted by molar-refractivity contribution is 0.0991. The van der Waals surface area contributed by atoms with E-state index in [0.29, 0.717) is 15.7 Å². The van der Waals surface area contributed by atoms with Crippen molar-refractivity contribution in [3.8, 4) is 0 Å². The molecule has 9 heteroatoms. The van der Waals surface area contributed by atoms with E-state index >= 15 is 0 Å². The van der Waals surface area contributed by atoms with Gasteiger partial charge in [-0.3, -0.25) is 14.2 Å². The van der Waals surface area contributed by atoms with Crippen LogP contribution in [0.3, 0.4) is 0 Å². The average Bonchev–Trinajstić information content (AvgIpc) is 3.59. The van der Waals surface area contributed by atoms with Crippen LogP contribution in [0, 0.1) is 0 Å². The molecule has 2 heterocycles. The van der Waals surface area contributed by atoms with Crippen molar-refractivity contribution in [1.82, 2.24) is 14.8 Å². The molecule has 6 rings (SSSR count). The maximum absolute atomic E-state index is 13.8. The van der Waals surface area contributed by atoms with Crippen molar-refractivity contribution < 1.29 is 13.2 Å². The minimum absolute atomic E-state index is 0.0723. The number of halogens is 1. The summed E-state index contributed by atoms with van der Waals surface area (Å²) in [5, 5.41) is 4.80. The first-order valence-electron chi connectivity index (χ1n) is 15.5. The fraction of sp³-hybridized carbons (Fsp3) is 0.154. The van der Waals surface area contributed by atoms with Gasteiger partial charge in [-0.2, -0.15) is 5.10 Å². The van der Waals surface area contributed by atoms with Gasteiger partial charge in [-0.05, 0) is 67.9 Å². The summed E-state index contributed by atoms with van der Waals surface area (Å²) in [6, 6.07) is 40.4. The minimum atomic E-state index is -3.90. The lowest BCUT2D eigenvalue weighted by atomic mass is 9.77. The zero-order valence-corrected chi connectivity index (χ0v) is 29.2. The van der Waals surface area contributed by atoms with E-state index in [4.69, 9.17) is 5.10 Å². The van der Waals surface area contributed by atoms with Crippen LogP contribution in [0.15, 0.2) is 149 Å². The van der Waals surface area contributed by atoms with E-state index in [9.17, 15) is 13.2 Å². The Hall–Kier alpha value is -4.86. The standard InChI is InChI=1S/C39H35BrN4O3S/c1-38(2,3)29-19-21-33(22-20-29)48(46,47)43-37-24-23-34(40)35(42-37)25-36(45)28-26-41-44(27-28)39(30-13-7-4-8-14-30,31-15-9-5-10-16-31)32-17-11-6-12-18-32/h4-24,26-27H,25H2,1-3H3,(H,42,43). The quantitative estimate of drug-likeness (QED) is 0.113. The van der Waals surface area contributed by atoms with Crippen molar-refractivity contribution in [3.63, 3.8) is 0 Å². The van der Waals surface area contributed by atoms with E-state index in [1.165, 1.54) is 0 Å². The molecule has 1 N–H and O–H groups in total. The highest BCUT2D eigenvalue weighted by Crippen LogP contribution is 2.40. The van der Waals surface area contributed by atoms with Gasteiger partial charge in [0.1, 0.15) is 11.4 Å². The van der Waals surface area contributed by atoms with Gasteiger partial charge in [-0.1, -0.05) is 124 Å². The molecule has 242 valence electrons. The summed E-state index contributed by atoms with van der Waals surface area (Å²) in [5.74, 6) is -0.0943. The van der Waals surface area contributed by atoms with Crippen molar-refractivity contribution in [2.75, 3.05) is 4.72 Å². The number of rotatable bonds is 10. The predicted octanol–water partition coefficient (Wildman–Crippen LogP) is 8.40. The van der Waals surface area contributed by atoms with E-state index < -0.39 is 15.6 Å².